The summed E-state index contributed by atoms with van der Waals surface area (Å²) < 4.78 is 14.5. The molecule has 0 radical (unpaired) electrons. The van der Waals surface area contributed by atoms with Gasteiger partial charge in [-0.2, -0.15) is 0 Å². The summed E-state index contributed by atoms with van der Waals surface area (Å²) in [5.41, 5.74) is 5.54. The Morgan fingerprint density at radius 2 is 2.15 bits per heavy atom. The molecule has 0 saturated heterocycles. The van der Waals surface area contributed by atoms with E-state index in [0.29, 0.717) is 29.0 Å². The van der Waals surface area contributed by atoms with Crippen LogP contribution in [0.1, 0.15) is 30.6 Å². The molecule has 0 bridgehead atoms. The van der Waals surface area contributed by atoms with Crippen molar-refractivity contribution >= 4 is 39.0 Å². The molecule has 1 amide bonds. The Morgan fingerprint density at radius 1 is 1.50 bits per heavy atom. The Hall–Kier alpha value is -1.01. The Morgan fingerprint density at radius 3 is 2.65 bits per heavy atom. The summed E-state index contributed by atoms with van der Waals surface area (Å²) in [5, 5.41) is 0. The predicted molar refractivity (Wildman–Crippen MR) is 86.2 cm³/mol. The highest BCUT2D eigenvalue weighted by Crippen LogP contribution is 2.17. The standard InChI is InChI=1S/C14H18BrFN2OS/c1-9(2)8-18(6-5-13(17)20)14(19)11-4-3-10(15)7-12(11)16/h3-4,7,9H,5-6,8H2,1-2H3,(H2,17,20). The minimum absolute atomic E-state index is 0.0665. The maximum absolute atomic E-state index is 13.9. The molecule has 0 spiro atoms. The van der Waals surface area contributed by atoms with Crippen LogP contribution in [0.25, 0.3) is 0 Å². The first-order valence-electron chi connectivity index (χ1n) is 6.34. The van der Waals surface area contributed by atoms with Crippen LogP contribution in [-0.2, 0) is 0 Å². The van der Waals surface area contributed by atoms with Crippen LogP contribution >= 0.6 is 28.1 Å². The number of carbonyl (C=O) groups is 1. The highest BCUT2D eigenvalue weighted by Gasteiger charge is 2.20. The third kappa shape index (κ3) is 5.17. The zero-order valence-corrected chi connectivity index (χ0v) is 13.9. The topological polar surface area (TPSA) is 46.3 Å². The van der Waals surface area contributed by atoms with Gasteiger partial charge in [0.05, 0.1) is 10.6 Å². The molecule has 20 heavy (non-hydrogen) atoms. The smallest absolute Gasteiger partial charge is 0.256 e. The summed E-state index contributed by atoms with van der Waals surface area (Å²) in [6, 6.07) is 4.42. The van der Waals surface area contributed by atoms with Gasteiger partial charge < -0.3 is 10.6 Å². The van der Waals surface area contributed by atoms with Gasteiger partial charge in [0, 0.05) is 24.0 Å². The lowest BCUT2D eigenvalue weighted by atomic mass is 10.1. The van der Waals surface area contributed by atoms with Crippen LogP contribution in [0.4, 0.5) is 4.39 Å². The second-order valence-corrected chi connectivity index (χ2v) is 6.43. The van der Waals surface area contributed by atoms with Gasteiger partial charge in [-0.25, -0.2) is 4.39 Å². The molecule has 0 unspecified atom stereocenters. The van der Waals surface area contributed by atoms with E-state index in [1.807, 2.05) is 13.8 Å². The number of thiocarbonyl (C=S) groups is 1. The molecule has 0 saturated carbocycles. The Bertz CT molecular complexity index is 508. The lowest BCUT2D eigenvalue weighted by Crippen LogP contribution is -2.37. The summed E-state index contributed by atoms with van der Waals surface area (Å²) in [6.07, 6.45) is 0.436. The molecule has 2 N–H and O–H groups in total. The number of nitrogens with zero attached hydrogens (tertiary/aromatic N) is 1. The molecule has 1 aromatic carbocycles. The lowest BCUT2D eigenvalue weighted by molar-refractivity contribution is 0.0736. The van der Waals surface area contributed by atoms with E-state index in [9.17, 15) is 9.18 Å². The maximum Gasteiger partial charge on any atom is 0.256 e. The van der Waals surface area contributed by atoms with Gasteiger partial charge in [0.1, 0.15) is 5.82 Å². The first kappa shape index (κ1) is 17.0. The summed E-state index contributed by atoms with van der Waals surface area (Å²) >= 11 is 8.01. The first-order valence-corrected chi connectivity index (χ1v) is 7.54. The van der Waals surface area contributed by atoms with E-state index >= 15 is 0 Å². The molecule has 3 nitrogen and oxygen atoms in total. The van der Waals surface area contributed by atoms with Gasteiger partial charge in [-0.05, 0) is 24.1 Å². The number of benzene rings is 1. The highest BCUT2D eigenvalue weighted by molar-refractivity contribution is 9.10. The van der Waals surface area contributed by atoms with E-state index in [1.165, 1.54) is 12.1 Å². The van der Waals surface area contributed by atoms with Gasteiger partial charge >= 0.3 is 0 Å². The number of halogens is 2. The van der Waals surface area contributed by atoms with Crippen LogP contribution in [-0.4, -0.2) is 28.9 Å². The number of nitrogens with two attached hydrogens (primary N) is 1. The average Bonchev–Trinajstić information content (AvgIpc) is 2.33. The second kappa shape index (κ2) is 7.69. The third-order valence-corrected chi connectivity index (χ3v) is 3.36. The maximum atomic E-state index is 13.9. The van der Waals surface area contributed by atoms with Gasteiger partial charge in [0.2, 0.25) is 0 Å². The zero-order valence-electron chi connectivity index (χ0n) is 11.5. The van der Waals surface area contributed by atoms with Crippen molar-refractivity contribution < 1.29 is 9.18 Å². The minimum Gasteiger partial charge on any atom is -0.393 e. The van der Waals surface area contributed by atoms with Crippen LogP contribution in [0.3, 0.4) is 0 Å². The molecule has 1 aromatic rings. The van der Waals surface area contributed by atoms with E-state index in [1.54, 1.807) is 11.0 Å². The third-order valence-electron chi connectivity index (χ3n) is 2.66. The Kier molecular flexibility index (Phi) is 6.55. The van der Waals surface area contributed by atoms with Crippen molar-refractivity contribution in [2.75, 3.05) is 13.1 Å². The monoisotopic (exact) mass is 360 g/mol. The van der Waals surface area contributed by atoms with E-state index in [-0.39, 0.29) is 17.4 Å². The Balaban J connectivity index is 2.93. The number of hydrogen-bond acceptors (Lipinski definition) is 2. The summed E-state index contributed by atoms with van der Waals surface area (Å²) in [6.45, 7) is 4.94. The Labute approximate surface area is 132 Å². The van der Waals surface area contributed by atoms with Gasteiger partial charge in [-0.1, -0.05) is 42.0 Å². The summed E-state index contributed by atoms with van der Waals surface area (Å²) in [7, 11) is 0. The molecule has 110 valence electrons. The largest absolute Gasteiger partial charge is 0.393 e. The van der Waals surface area contributed by atoms with Gasteiger partial charge in [0.15, 0.2) is 0 Å². The van der Waals surface area contributed by atoms with Crippen molar-refractivity contribution in [1.29, 1.82) is 0 Å². The lowest BCUT2D eigenvalue weighted by Gasteiger charge is -2.24. The van der Waals surface area contributed by atoms with Crippen molar-refractivity contribution in [2.45, 2.75) is 20.3 Å². The second-order valence-electron chi connectivity index (χ2n) is 4.99. The predicted octanol–water partition coefficient (Wildman–Crippen LogP) is 3.36. The average molecular weight is 361 g/mol. The molecule has 6 heteroatoms. The molecule has 0 heterocycles. The van der Waals surface area contributed by atoms with Crippen LogP contribution in [0.2, 0.25) is 0 Å². The van der Waals surface area contributed by atoms with Crippen molar-refractivity contribution in [3.63, 3.8) is 0 Å². The summed E-state index contributed by atoms with van der Waals surface area (Å²) in [5.74, 6) is -0.586. The number of hydrogen-bond donors (Lipinski definition) is 1. The number of amides is 1. The van der Waals surface area contributed by atoms with Crippen LogP contribution < -0.4 is 5.73 Å². The summed E-state index contributed by atoms with van der Waals surface area (Å²) in [4.78, 5) is 14.4. The number of rotatable bonds is 6. The molecular weight excluding hydrogens is 343 g/mol. The molecule has 0 aliphatic rings. The minimum atomic E-state index is -0.534. The first-order chi connectivity index (χ1) is 9.31. The fourth-order valence-electron chi connectivity index (χ4n) is 1.79. The fourth-order valence-corrected chi connectivity index (χ4v) is 2.22. The molecule has 0 atom stereocenters. The zero-order chi connectivity index (χ0) is 15.3. The normalized spacial score (nSPS) is 10.7. The van der Waals surface area contributed by atoms with E-state index in [2.05, 4.69) is 15.9 Å². The quantitative estimate of drug-likeness (QED) is 0.791. The molecule has 0 fully saturated rings. The van der Waals surface area contributed by atoms with Crippen molar-refractivity contribution in [3.05, 3.63) is 34.1 Å². The van der Waals surface area contributed by atoms with Crippen LogP contribution in [0, 0.1) is 11.7 Å². The van der Waals surface area contributed by atoms with E-state index < -0.39 is 5.82 Å². The van der Waals surface area contributed by atoms with Gasteiger partial charge in [0.25, 0.3) is 5.91 Å². The fraction of sp³-hybridized carbons (Fsp3) is 0.429. The van der Waals surface area contributed by atoms with Crippen LogP contribution in [0.5, 0.6) is 0 Å². The molecule has 0 aromatic heterocycles. The molecule has 1 rings (SSSR count). The van der Waals surface area contributed by atoms with E-state index in [0.717, 1.165) is 0 Å². The van der Waals surface area contributed by atoms with Crippen molar-refractivity contribution in [3.8, 4) is 0 Å². The molecule has 0 aliphatic heterocycles. The van der Waals surface area contributed by atoms with Gasteiger partial charge in [-0.15, -0.1) is 0 Å². The number of carbonyl (C=O) groups excluding carboxylic acids is 1. The molecule has 0 aliphatic carbocycles. The van der Waals surface area contributed by atoms with Crippen LogP contribution in [0.15, 0.2) is 22.7 Å². The van der Waals surface area contributed by atoms with Crippen molar-refractivity contribution in [1.82, 2.24) is 4.90 Å². The SMILES string of the molecule is CC(C)CN(CCC(N)=S)C(=O)c1ccc(Br)cc1F. The van der Waals surface area contributed by atoms with E-state index in [4.69, 9.17) is 18.0 Å². The molecular formula is C14H18BrFN2OS. The van der Waals surface area contributed by atoms with Crippen molar-refractivity contribution in [2.24, 2.45) is 11.7 Å². The van der Waals surface area contributed by atoms with Gasteiger partial charge in [-0.3, -0.25) is 4.79 Å². The highest BCUT2D eigenvalue weighted by atomic mass is 79.9.